The molecule has 0 saturated heterocycles. The highest BCUT2D eigenvalue weighted by atomic mass is 32.2. The molecule has 0 aliphatic heterocycles. The van der Waals surface area contributed by atoms with E-state index in [9.17, 15) is 18.0 Å². The zero-order chi connectivity index (χ0) is 31.1. The molecule has 0 aromatic heterocycles. The molecule has 0 bridgehead atoms. The van der Waals surface area contributed by atoms with Crippen molar-refractivity contribution < 1.29 is 27.5 Å². The fourth-order valence-corrected chi connectivity index (χ4v) is 5.92. The summed E-state index contributed by atoms with van der Waals surface area (Å²) in [7, 11) is -1.36. The Bertz CT molecular complexity index is 1470. The van der Waals surface area contributed by atoms with Gasteiger partial charge in [-0.1, -0.05) is 55.0 Å². The second-order valence-electron chi connectivity index (χ2n) is 11.0. The zero-order valence-electron chi connectivity index (χ0n) is 25.4. The Morgan fingerprint density at radius 3 is 2.12 bits per heavy atom. The molecule has 0 aliphatic carbocycles. The summed E-state index contributed by atoms with van der Waals surface area (Å²) in [5.41, 5.74) is 1.48. The van der Waals surface area contributed by atoms with Crippen molar-refractivity contribution in [1.82, 2.24) is 10.2 Å². The van der Waals surface area contributed by atoms with Gasteiger partial charge in [-0.3, -0.25) is 13.9 Å². The van der Waals surface area contributed by atoms with Crippen LogP contribution in [0.3, 0.4) is 0 Å². The monoisotopic (exact) mass is 595 g/mol. The molecule has 10 heteroatoms. The van der Waals surface area contributed by atoms with E-state index in [1.54, 1.807) is 30.3 Å². The number of hydrogen-bond acceptors (Lipinski definition) is 6. The van der Waals surface area contributed by atoms with Crippen molar-refractivity contribution in [1.29, 1.82) is 0 Å². The average Bonchev–Trinajstić information content (AvgIpc) is 2.95. The Balaban J connectivity index is 2.14. The van der Waals surface area contributed by atoms with E-state index in [-0.39, 0.29) is 28.8 Å². The Kier molecular flexibility index (Phi) is 10.6. The minimum absolute atomic E-state index is 0.00488. The summed E-state index contributed by atoms with van der Waals surface area (Å²) >= 11 is 0. The fraction of sp³-hybridized carbons (Fsp3) is 0.375. The maximum absolute atomic E-state index is 14.3. The van der Waals surface area contributed by atoms with E-state index in [0.29, 0.717) is 12.2 Å². The number of rotatable bonds is 12. The first-order valence-corrected chi connectivity index (χ1v) is 15.2. The van der Waals surface area contributed by atoms with Crippen LogP contribution in [0.1, 0.15) is 45.2 Å². The summed E-state index contributed by atoms with van der Waals surface area (Å²) in [5.74, 6) is -0.234. The topological polar surface area (TPSA) is 105 Å². The summed E-state index contributed by atoms with van der Waals surface area (Å²) in [5, 5.41) is 2.97. The van der Waals surface area contributed by atoms with Crippen LogP contribution in [0.5, 0.6) is 11.5 Å². The third-order valence-electron chi connectivity index (χ3n) is 6.62. The molecule has 3 aromatic carbocycles. The smallest absolute Gasteiger partial charge is 0.264 e. The van der Waals surface area contributed by atoms with Gasteiger partial charge in [-0.15, -0.1) is 0 Å². The van der Waals surface area contributed by atoms with Crippen LogP contribution in [0, 0.1) is 6.92 Å². The number of nitrogens with one attached hydrogen (secondary N) is 1. The second kappa shape index (κ2) is 13.7. The van der Waals surface area contributed by atoms with E-state index in [2.05, 4.69) is 5.32 Å². The van der Waals surface area contributed by atoms with Crippen LogP contribution in [-0.2, 0) is 26.2 Å². The van der Waals surface area contributed by atoms with Crippen molar-refractivity contribution in [3.8, 4) is 11.5 Å². The predicted molar refractivity (Wildman–Crippen MR) is 164 cm³/mol. The van der Waals surface area contributed by atoms with Crippen LogP contribution in [0.4, 0.5) is 5.69 Å². The molecule has 0 aliphatic rings. The summed E-state index contributed by atoms with van der Waals surface area (Å²) < 4.78 is 40.1. The van der Waals surface area contributed by atoms with E-state index >= 15 is 0 Å². The van der Waals surface area contributed by atoms with Crippen molar-refractivity contribution in [2.45, 2.75) is 64.1 Å². The lowest BCUT2D eigenvalue weighted by molar-refractivity contribution is -0.141. The van der Waals surface area contributed by atoms with Gasteiger partial charge in [-0.25, -0.2) is 8.42 Å². The van der Waals surface area contributed by atoms with Gasteiger partial charge >= 0.3 is 0 Å². The number of carbonyl (C=O) groups is 2. The third-order valence-corrected chi connectivity index (χ3v) is 8.40. The van der Waals surface area contributed by atoms with Crippen LogP contribution in [0.2, 0.25) is 0 Å². The van der Waals surface area contributed by atoms with Crippen LogP contribution in [-0.4, -0.2) is 57.5 Å². The average molecular weight is 596 g/mol. The molecule has 0 saturated carbocycles. The number of benzene rings is 3. The van der Waals surface area contributed by atoms with Crippen molar-refractivity contribution in [2.24, 2.45) is 0 Å². The predicted octanol–water partition coefficient (Wildman–Crippen LogP) is 4.93. The SMILES string of the molecule is CC[C@H](C(=O)NC(C)(C)C)N(Cc1ccc(C)cc1)C(=O)CN(c1cc(OC)ccc1OC)S(=O)(=O)c1ccccc1. The van der Waals surface area contributed by atoms with E-state index in [1.165, 1.54) is 37.3 Å². The van der Waals surface area contributed by atoms with E-state index in [4.69, 9.17) is 9.47 Å². The van der Waals surface area contributed by atoms with Gasteiger partial charge in [0.1, 0.15) is 24.1 Å². The molecular weight excluding hydrogens is 554 g/mol. The zero-order valence-corrected chi connectivity index (χ0v) is 26.2. The largest absolute Gasteiger partial charge is 0.497 e. The first-order chi connectivity index (χ1) is 19.8. The molecule has 2 amide bonds. The first kappa shape index (κ1) is 32.5. The van der Waals surface area contributed by atoms with Gasteiger partial charge in [0.15, 0.2) is 0 Å². The Labute approximate surface area is 249 Å². The molecule has 3 aromatic rings. The Morgan fingerprint density at radius 1 is 0.929 bits per heavy atom. The number of sulfonamides is 1. The van der Waals surface area contributed by atoms with Crippen molar-refractivity contribution >= 4 is 27.5 Å². The minimum Gasteiger partial charge on any atom is -0.497 e. The minimum atomic E-state index is -4.25. The molecule has 226 valence electrons. The van der Waals surface area contributed by atoms with E-state index in [0.717, 1.165) is 15.4 Å². The molecule has 0 spiro atoms. The maximum atomic E-state index is 14.3. The highest BCUT2D eigenvalue weighted by Gasteiger charge is 2.35. The fourth-order valence-electron chi connectivity index (χ4n) is 4.49. The van der Waals surface area contributed by atoms with Crippen molar-refractivity contribution in [3.05, 3.63) is 83.9 Å². The first-order valence-electron chi connectivity index (χ1n) is 13.8. The number of aryl methyl sites for hydroxylation is 1. The highest BCUT2D eigenvalue weighted by Crippen LogP contribution is 2.36. The number of carbonyl (C=O) groups excluding carboxylic acids is 2. The van der Waals surface area contributed by atoms with Crippen molar-refractivity contribution in [2.75, 3.05) is 25.1 Å². The molecule has 3 rings (SSSR count). The summed E-state index contributed by atoms with van der Waals surface area (Å²) in [6, 6.07) is 19.4. The van der Waals surface area contributed by atoms with Gasteiger partial charge in [0, 0.05) is 18.2 Å². The number of amides is 2. The third kappa shape index (κ3) is 8.03. The van der Waals surface area contributed by atoms with Gasteiger partial charge in [0.25, 0.3) is 10.0 Å². The maximum Gasteiger partial charge on any atom is 0.264 e. The highest BCUT2D eigenvalue weighted by molar-refractivity contribution is 7.92. The number of methoxy groups -OCH3 is 2. The van der Waals surface area contributed by atoms with Gasteiger partial charge in [0.05, 0.1) is 24.8 Å². The summed E-state index contributed by atoms with van der Waals surface area (Å²) in [6.07, 6.45) is 0.327. The van der Waals surface area contributed by atoms with Gasteiger partial charge in [-0.05, 0) is 63.9 Å². The second-order valence-corrected chi connectivity index (χ2v) is 12.9. The number of ether oxygens (including phenoxy) is 2. The van der Waals surface area contributed by atoms with Crippen LogP contribution in [0.15, 0.2) is 77.7 Å². The van der Waals surface area contributed by atoms with Crippen LogP contribution < -0.4 is 19.1 Å². The van der Waals surface area contributed by atoms with Gasteiger partial charge in [-0.2, -0.15) is 0 Å². The van der Waals surface area contributed by atoms with Crippen LogP contribution >= 0.6 is 0 Å². The Hall–Kier alpha value is -4.05. The lowest BCUT2D eigenvalue weighted by Gasteiger charge is -2.35. The van der Waals surface area contributed by atoms with Crippen LogP contribution in [0.25, 0.3) is 0 Å². The number of anilines is 1. The lowest BCUT2D eigenvalue weighted by atomic mass is 10.1. The van der Waals surface area contributed by atoms with Crippen molar-refractivity contribution in [3.63, 3.8) is 0 Å². The number of nitrogens with zero attached hydrogens (tertiary/aromatic N) is 2. The molecule has 9 nitrogen and oxygen atoms in total. The van der Waals surface area contributed by atoms with E-state index < -0.39 is 34.1 Å². The lowest BCUT2D eigenvalue weighted by Crippen LogP contribution is -2.55. The number of hydrogen-bond donors (Lipinski definition) is 1. The standard InChI is InChI=1S/C32H41N3O6S/c1-8-27(31(37)33-32(3,4)5)34(21-24-16-14-23(2)15-17-24)30(36)22-35(42(38,39)26-12-10-9-11-13-26)28-20-25(40-6)18-19-29(28)41-7/h9-20,27H,8,21-22H2,1-7H3,(H,33,37)/t27-/m1/s1. The molecule has 1 atom stereocenters. The molecule has 0 unspecified atom stereocenters. The molecule has 0 fully saturated rings. The molecule has 42 heavy (non-hydrogen) atoms. The molecule has 1 N–H and O–H groups in total. The quantitative estimate of drug-likeness (QED) is 0.318. The summed E-state index contributed by atoms with van der Waals surface area (Å²) in [4.78, 5) is 29.2. The van der Waals surface area contributed by atoms with E-state index in [1.807, 2.05) is 58.9 Å². The van der Waals surface area contributed by atoms with Gasteiger partial charge in [0.2, 0.25) is 11.8 Å². The molecule has 0 heterocycles. The van der Waals surface area contributed by atoms with Gasteiger partial charge < -0.3 is 19.7 Å². The molecular formula is C32H41N3O6S. The molecule has 0 radical (unpaired) electrons. The normalized spacial score (nSPS) is 12.3. The Morgan fingerprint density at radius 2 is 1.57 bits per heavy atom. The summed E-state index contributed by atoms with van der Waals surface area (Å²) in [6.45, 7) is 8.93.